The van der Waals surface area contributed by atoms with E-state index in [2.05, 4.69) is 0 Å². The Hall–Kier alpha value is -0.545. The highest BCUT2D eigenvalue weighted by atomic mass is 35.5. The molecule has 0 saturated heterocycles. The van der Waals surface area contributed by atoms with E-state index < -0.39 is 7.12 Å². The summed E-state index contributed by atoms with van der Waals surface area (Å²) < 4.78 is 0. The molecule has 1 aromatic rings. The molecule has 1 rings (SSSR count). The Kier molecular flexibility index (Phi) is 6.58. The Labute approximate surface area is 90.5 Å². The van der Waals surface area contributed by atoms with Crippen molar-refractivity contribution in [2.75, 3.05) is 6.54 Å². The van der Waals surface area contributed by atoms with Crippen LogP contribution in [0.3, 0.4) is 0 Å². The highest BCUT2D eigenvalue weighted by molar-refractivity contribution is 6.58. The van der Waals surface area contributed by atoms with Gasteiger partial charge in [0.15, 0.2) is 0 Å². The maximum Gasteiger partial charge on any atom is 0.488 e. The molecular formula is C9H15BClNO2. The Bertz CT molecular complexity index is 253. The van der Waals surface area contributed by atoms with Crippen LogP contribution in [0, 0.1) is 0 Å². The van der Waals surface area contributed by atoms with Crippen molar-refractivity contribution >= 4 is 25.0 Å². The zero-order valence-corrected chi connectivity index (χ0v) is 8.70. The monoisotopic (exact) mass is 215 g/mol. The fourth-order valence-corrected chi connectivity index (χ4v) is 1.16. The number of hydrogen-bond donors (Lipinski definition) is 3. The number of aryl methyl sites for hydroxylation is 1. The van der Waals surface area contributed by atoms with E-state index >= 15 is 0 Å². The SMILES string of the molecule is Cl.NCCCc1ccc(B(O)O)cc1. The topological polar surface area (TPSA) is 66.5 Å². The Morgan fingerprint density at radius 3 is 2.14 bits per heavy atom. The van der Waals surface area contributed by atoms with Crippen molar-refractivity contribution in [2.24, 2.45) is 5.73 Å². The molecule has 0 saturated carbocycles. The predicted molar refractivity (Wildman–Crippen MR) is 60.9 cm³/mol. The maximum atomic E-state index is 8.83. The van der Waals surface area contributed by atoms with Crippen LogP contribution in [0.1, 0.15) is 12.0 Å². The van der Waals surface area contributed by atoms with E-state index in [0.717, 1.165) is 12.8 Å². The molecule has 0 aliphatic rings. The first-order valence-corrected chi connectivity index (χ1v) is 4.39. The molecule has 0 aliphatic heterocycles. The molecule has 14 heavy (non-hydrogen) atoms. The molecular weight excluding hydrogens is 200 g/mol. The fourth-order valence-electron chi connectivity index (χ4n) is 1.16. The number of rotatable bonds is 4. The third kappa shape index (κ3) is 4.11. The predicted octanol–water partition coefficient (Wildman–Crippen LogP) is -0.321. The van der Waals surface area contributed by atoms with E-state index in [4.69, 9.17) is 15.8 Å². The quantitative estimate of drug-likeness (QED) is 0.603. The van der Waals surface area contributed by atoms with Gasteiger partial charge in [-0.3, -0.25) is 0 Å². The van der Waals surface area contributed by atoms with Gasteiger partial charge in [-0.1, -0.05) is 24.3 Å². The largest absolute Gasteiger partial charge is 0.488 e. The van der Waals surface area contributed by atoms with Crippen LogP contribution >= 0.6 is 12.4 Å². The summed E-state index contributed by atoms with van der Waals surface area (Å²) >= 11 is 0. The minimum absolute atomic E-state index is 0. The number of hydrogen-bond acceptors (Lipinski definition) is 3. The highest BCUT2D eigenvalue weighted by Crippen LogP contribution is 2.00. The third-order valence-electron chi connectivity index (χ3n) is 1.95. The van der Waals surface area contributed by atoms with Crippen LogP contribution in [-0.4, -0.2) is 23.7 Å². The Morgan fingerprint density at radius 1 is 1.14 bits per heavy atom. The lowest BCUT2D eigenvalue weighted by Crippen LogP contribution is -2.29. The summed E-state index contributed by atoms with van der Waals surface area (Å²) in [5, 5.41) is 17.7. The van der Waals surface area contributed by atoms with Crippen LogP contribution in [0.15, 0.2) is 24.3 Å². The molecule has 0 amide bonds. The van der Waals surface area contributed by atoms with Crippen molar-refractivity contribution in [2.45, 2.75) is 12.8 Å². The standard InChI is InChI=1S/C9H14BNO2.ClH/c11-7-1-2-8-3-5-9(6-4-8)10(12)13;/h3-6,12-13H,1-2,7,11H2;1H. The van der Waals surface area contributed by atoms with Crippen LogP contribution in [0.4, 0.5) is 0 Å². The third-order valence-corrected chi connectivity index (χ3v) is 1.95. The highest BCUT2D eigenvalue weighted by Gasteiger charge is 2.09. The van der Waals surface area contributed by atoms with Gasteiger partial charge in [-0.25, -0.2) is 0 Å². The molecule has 3 nitrogen and oxygen atoms in total. The van der Waals surface area contributed by atoms with Gasteiger partial charge >= 0.3 is 7.12 Å². The van der Waals surface area contributed by atoms with Crippen LogP contribution < -0.4 is 11.2 Å². The average Bonchev–Trinajstić information content (AvgIpc) is 2.15. The molecule has 0 radical (unpaired) electrons. The van der Waals surface area contributed by atoms with E-state index in [9.17, 15) is 0 Å². The van der Waals surface area contributed by atoms with Crippen LogP contribution in [-0.2, 0) is 6.42 Å². The molecule has 1 aromatic carbocycles. The van der Waals surface area contributed by atoms with E-state index in [0.29, 0.717) is 12.0 Å². The molecule has 0 atom stereocenters. The van der Waals surface area contributed by atoms with Gasteiger partial charge in [0.25, 0.3) is 0 Å². The fraction of sp³-hybridized carbons (Fsp3) is 0.333. The lowest BCUT2D eigenvalue weighted by atomic mass is 9.80. The second-order valence-electron chi connectivity index (χ2n) is 3.01. The lowest BCUT2D eigenvalue weighted by molar-refractivity contribution is 0.426. The molecule has 0 heterocycles. The average molecular weight is 215 g/mol. The van der Waals surface area contributed by atoms with Crippen LogP contribution in [0.25, 0.3) is 0 Å². The molecule has 0 aliphatic carbocycles. The first-order chi connectivity index (χ1) is 6.24. The molecule has 78 valence electrons. The molecule has 0 fully saturated rings. The lowest BCUT2D eigenvalue weighted by Gasteiger charge is -2.02. The molecule has 5 heteroatoms. The summed E-state index contributed by atoms with van der Waals surface area (Å²) in [5.41, 5.74) is 7.07. The Morgan fingerprint density at radius 2 is 1.71 bits per heavy atom. The normalized spacial score (nSPS) is 9.36. The van der Waals surface area contributed by atoms with Crippen molar-refractivity contribution in [3.8, 4) is 0 Å². The maximum absolute atomic E-state index is 8.83. The number of nitrogens with two attached hydrogens (primary N) is 1. The molecule has 0 aromatic heterocycles. The molecule has 4 N–H and O–H groups in total. The summed E-state index contributed by atoms with van der Waals surface area (Å²) in [5.74, 6) is 0. The molecule has 0 spiro atoms. The van der Waals surface area contributed by atoms with E-state index in [-0.39, 0.29) is 12.4 Å². The summed E-state index contributed by atoms with van der Waals surface area (Å²) in [7, 11) is -1.37. The summed E-state index contributed by atoms with van der Waals surface area (Å²) in [6, 6.07) is 7.22. The van der Waals surface area contributed by atoms with E-state index in [1.165, 1.54) is 5.56 Å². The van der Waals surface area contributed by atoms with Crippen molar-refractivity contribution in [1.82, 2.24) is 0 Å². The van der Waals surface area contributed by atoms with Gasteiger partial charge in [0.05, 0.1) is 0 Å². The van der Waals surface area contributed by atoms with Gasteiger partial charge in [-0.15, -0.1) is 12.4 Å². The number of benzene rings is 1. The van der Waals surface area contributed by atoms with Gasteiger partial charge in [-0.05, 0) is 30.4 Å². The zero-order chi connectivity index (χ0) is 9.68. The zero-order valence-electron chi connectivity index (χ0n) is 7.89. The second kappa shape index (κ2) is 6.84. The van der Waals surface area contributed by atoms with Crippen molar-refractivity contribution in [3.05, 3.63) is 29.8 Å². The van der Waals surface area contributed by atoms with Gasteiger partial charge < -0.3 is 15.8 Å². The summed E-state index contributed by atoms with van der Waals surface area (Å²) in [4.78, 5) is 0. The van der Waals surface area contributed by atoms with Crippen LogP contribution in [0.5, 0.6) is 0 Å². The van der Waals surface area contributed by atoms with Gasteiger partial charge in [0, 0.05) is 0 Å². The minimum Gasteiger partial charge on any atom is -0.423 e. The minimum atomic E-state index is -1.37. The van der Waals surface area contributed by atoms with E-state index in [1.807, 2.05) is 12.1 Å². The van der Waals surface area contributed by atoms with Crippen molar-refractivity contribution in [1.29, 1.82) is 0 Å². The van der Waals surface area contributed by atoms with Gasteiger partial charge in [-0.2, -0.15) is 0 Å². The first kappa shape index (κ1) is 13.5. The van der Waals surface area contributed by atoms with Crippen molar-refractivity contribution in [3.63, 3.8) is 0 Å². The smallest absolute Gasteiger partial charge is 0.423 e. The molecule has 0 unspecified atom stereocenters. The first-order valence-electron chi connectivity index (χ1n) is 4.39. The van der Waals surface area contributed by atoms with Gasteiger partial charge in [0.1, 0.15) is 0 Å². The number of halogens is 1. The Balaban J connectivity index is 0.00000169. The second-order valence-corrected chi connectivity index (χ2v) is 3.01. The molecule has 0 bridgehead atoms. The summed E-state index contributed by atoms with van der Waals surface area (Å²) in [6.07, 6.45) is 1.90. The van der Waals surface area contributed by atoms with Crippen molar-refractivity contribution < 1.29 is 10.0 Å². The van der Waals surface area contributed by atoms with E-state index in [1.54, 1.807) is 12.1 Å². The summed E-state index contributed by atoms with van der Waals surface area (Å²) in [6.45, 7) is 0.685. The van der Waals surface area contributed by atoms with Crippen LogP contribution in [0.2, 0.25) is 0 Å². The van der Waals surface area contributed by atoms with Gasteiger partial charge in [0.2, 0.25) is 0 Å².